The Hall–Kier alpha value is -1.03. The van der Waals surface area contributed by atoms with E-state index < -0.39 is 5.97 Å². The number of aromatic carboxylic acids is 1. The molecule has 0 radical (unpaired) electrons. The summed E-state index contributed by atoms with van der Waals surface area (Å²) < 4.78 is 0. The molecule has 0 amide bonds. The first kappa shape index (κ1) is 11.0. The first-order valence-electron chi connectivity index (χ1n) is 3.11. The number of halogens is 1. The van der Waals surface area contributed by atoms with Crippen LogP contribution in [-0.2, 0) is 0 Å². The van der Waals surface area contributed by atoms with E-state index in [-0.39, 0.29) is 11.3 Å². The maximum absolute atomic E-state index is 10.3. The molecule has 3 nitrogen and oxygen atoms in total. The third kappa shape index (κ3) is 2.92. The van der Waals surface area contributed by atoms with E-state index in [1.807, 2.05) is 5.83 Å². The highest BCUT2D eigenvalue weighted by atomic mass is 79.9. The van der Waals surface area contributed by atoms with Crippen molar-refractivity contribution in [2.45, 2.75) is 0 Å². The summed E-state index contributed by atoms with van der Waals surface area (Å²) in [5.74, 6) is 0.501. The molecule has 0 aliphatic carbocycles. The number of alkyl halides is 1. The summed E-state index contributed by atoms with van der Waals surface area (Å²) in [5, 5.41) is 17.3. The Morgan fingerprint density at radius 3 is 2.17 bits per heavy atom. The van der Waals surface area contributed by atoms with Crippen LogP contribution >= 0.6 is 15.9 Å². The Bertz CT molecular complexity index is 260. The van der Waals surface area contributed by atoms with E-state index >= 15 is 0 Å². The van der Waals surface area contributed by atoms with Crippen LogP contribution in [0.4, 0.5) is 0 Å². The van der Waals surface area contributed by atoms with Crippen molar-refractivity contribution in [3.63, 3.8) is 0 Å². The smallest absolute Gasteiger partial charge is 0.339 e. The number of hydrogen-bond donors (Lipinski definition) is 2. The molecule has 12 heavy (non-hydrogen) atoms. The van der Waals surface area contributed by atoms with Crippen molar-refractivity contribution in [3.8, 4) is 5.75 Å². The molecule has 0 heterocycles. The molecule has 0 aliphatic rings. The molecule has 1 aromatic carbocycles. The molecule has 0 atom stereocenters. The van der Waals surface area contributed by atoms with Crippen LogP contribution in [-0.4, -0.2) is 22.0 Å². The van der Waals surface area contributed by atoms with E-state index in [9.17, 15) is 4.79 Å². The minimum atomic E-state index is -1.11. The highest BCUT2D eigenvalue weighted by Crippen LogP contribution is 2.14. The molecule has 1 rings (SSSR count). The maximum Gasteiger partial charge on any atom is 0.339 e. The van der Waals surface area contributed by atoms with Gasteiger partial charge in [-0.3, -0.25) is 0 Å². The third-order valence-corrected chi connectivity index (χ3v) is 1.13. The monoisotopic (exact) mass is 232 g/mol. The number of para-hydroxylation sites is 1. The molecule has 0 spiro atoms. The molecule has 0 fully saturated rings. The Labute approximate surface area is 78.8 Å². The number of aromatic hydroxyl groups is 1. The molecule has 2 N–H and O–H groups in total. The van der Waals surface area contributed by atoms with Crippen LogP contribution in [0.5, 0.6) is 5.75 Å². The van der Waals surface area contributed by atoms with Crippen LogP contribution in [0.2, 0.25) is 0 Å². The summed E-state index contributed by atoms with van der Waals surface area (Å²) in [5.41, 5.74) is -0.0671. The quantitative estimate of drug-likeness (QED) is 0.730. The summed E-state index contributed by atoms with van der Waals surface area (Å²) in [6, 6.07) is 5.81. The van der Waals surface area contributed by atoms with E-state index in [4.69, 9.17) is 10.2 Å². The Balaban J connectivity index is 0.000000561. The number of carbonyl (C=O) groups is 1. The van der Waals surface area contributed by atoms with Crippen molar-refractivity contribution < 1.29 is 15.0 Å². The van der Waals surface area contributed by atoms with Crippen LogP contribution in [0, 0.1) is 0 Å². The Kier molecular flexibility index (Phi) is 5.12. The Morgan fingerprint density at radius 2 is 1.83 bits per heavy atom. The van der Waals surface area contributed by atoms with Crippen LogP contribution in [0.1, 0.15) is 10.4 Å². The van der Waals surface area contributed by atoms with Gasteiger partial charge in [0.15, 0.2) is 0 Å². The third-order valence-electron chi connectivity index (χ3n) is 1.13. The molecule has 0 aliphatic heterocycles. The van der Waals surface area contributed by atoms with Crippen LogP contribution < -0.4 is 0 Å². The van der Waals surface area contributed by atoms with Gasteiger partial charge >= 0.3 is 5.97 Å². The van der Waals surface area contributed by atoms with Gasteiger partial charge in [0, 0.05) is 0 Å². The summed E-state index contributed by atoms with van der Waals surface area (Å²) in [7, 11) is 0. The minimum Gasteiger partial charge on any atom is -0.507 e. The lowest BCUT2D eigenvalue weighted by Gasteiger charge is -1.95. The number of hydrogen-bond acceptors (Lipinski definition) is 2. The first-order valence-corrected chi connectivity index (χ1v) is 4.69. The second-order valence-corrected chi connectivity index (χ2v) is 1.82. The van der Waals surface area contributed by atoms with E-state index in [0.717, 1.165) is 0 Å². The highest BCUT2D eigenvalue weighted by Gasteiger charge is 2.05. The molecule has 1 aromatic rings. The largest absolute Gasteiger partial charge is 0.507 e. The summed E-state index contributed by atoms with van der Waals surface area (Å²) in [6.45, 7) is 0. The molecule has 0 saturated carbocycles. The van der Waals surface area contributed by atoms with Crippen molar-refractivity contribution in [2.75, 3.05) is 5.83 Å². The fourth-order valence-electron chi connectivity index (χ4n) is 0.654. The topological polar surface area (TPSA) is 57.5 Å². The lowest BCUT2D eigenvalue weighted by Crippen LogP contribution is -1.95. The van der Waals surface area contributed by atoms with Gasteiger partial charge < -0.3 is 10.2 Å². The predicted octanol–water partition coefficient (Wildman–Crippen LogP) is 2.10. The number of phenols is 1. The van der Waals surface area contributed by atoms with Gasteiger partial charge in [0.1, 0.15) is 11.3 Å². The van der Waals surface area contributed by atoms with E-state index in [2.05, 4.69) is 15.9 Å². The first-order chi connectivity index (χ1) is 5.72. The van der Waals surface area contributed by atoms with Gasteiger partial charge in [-0.2, -0.15) is 0 Å². The van der Waals surface area contributed by atoms with Crippen LogP contribution in [0.25, 0.3) is 0 Å². The van der Waals surface area contributed by atoms with E-state index in [1.54, 1.807) is 12.1 Å². The highest BCUT2D eigenvalue weighted by molar-refractivity contribution is 9.08. The SMILES string of the molecule is CBr.O=C(O)c1ccccc1O. The molecule has 0 aromatic heterocycles. The zero-order chi connectivity index (χ0) is 9.56. The number of rotatable bonds is 1. The second kappa shape index (κ2) is 5.60. The van der Waals surface area contributed by atoms with Gasteiger partial charge in [-0.1, -0.05) is 28.1 Å². The van der Waals surface area contributed by atoms with Gasteiger partial charge in [0.05, 0.1) is 0 Å². The van der Waals surface area contributed by atoms with Gasteiger partial charge in [0.2, 0.25) is 0 Å². The normalized spacial score (nSPS) is 8.17. The standard InChI is InChI=1S/C7H6O3.CH3Br/c8-6-4-2-1-3-5(6)7(9)10;1-2/h1-4,8H,(H,9,10);1H3. The van der Waals surface area contributed by atoms with Crippen molar-refractivity contribution >= 4 is 21.9 Å². The number of carboxylic acids is 1. The van der Waals surface area contributed by atoms with Crippen molar-refractivity contribution in [1.29, 1.82) is 0 Å². The van der Waals surface area contributed by atoms with Crippen LogP contribution in [0.15, 0.2) is 24.3 Å². The van der Waals surface area contributed by atoms with Gasteiger partial charge in [0.25, 0.3) is 0 Å². The van der Waals surface area contributed by atoms with Crippen molar-refractivity contribution in [1.82, 2.24) is 0 Å². The summed E-state index contributed by atoms with van der Waals surface area (Å²) >= 11 is 2.94. The summed E-state index contributed by atoms with van der Waals surface area (Å²) in [6.07, 6.45) is 0. The van der Waals surface area contributed by atoms with Crippen molar-refractivity contribution in [3.05, 3.63) is 29.8 Å². The molecule has 0 unspecified atom stereocenters. The molecule has 4 heteroatoms. The van der Waals surface area contributed by atoms with Crippen LogP contribution in [0.3, 0.4) is 0 Å². The summed E-state index contributed by atoms with van der Waals surface area (Å²) in [4.78, 5) is 10.3. The number of carboxylic acid groups (broad SMARTS) is 1. The molecule has 66 valence electrons. The second-order valence-electron chi connectivity index (χ2n) is 1.82. The molecule has 0 bridgehead atoms. The van der Waals surface area contributed by atoms with Crippen molar-refractivity contribution in [2.24, 2.45) is 0 Å². The maximum atomic E-state index is 10.3. The average molecular weight is 233 g/mol. The predicted molar refractivity (Wildman–Crippen MR) is 49.9 cm³/mol. The molecule has 0 saturated heterocycles. The molecular formula is C8H9BrO3. The fraction of sp³-hybridized carbons (Fsp3) is 0.125. The van der Waals surface area contributed by atoms with E-state index in [1.165, 1.54) is 12.1 Å². The Morgan fingerprint density at radius 1 is 1.33 bits per heavy atom. The van der Waals surface area contributed by atoms with E-state index in [0.29, 0.717) is 0 Å². The van der Waals surface area contributed by atoms with Gasteiger partial charge in [-0.15, -0.1) is 0 Å². The number of benzene rings is 1. The fourth-order valence-corrected chi connectivity index (χ4v) is 0.654. The average Bonchev–Trinajstić information content (AvgIpc) is 2.08. The van der Waals surface area contributed by atoms with Gasteiger partial charge in [-0.05, 0) is 18.0 Å². The lowest BCUT2D eigenvalue weighted by atomic mass is 10.2. The zero-order valence-corrected chi connectivity index (χ0v) is 8.08. The minimum absolute atomic E-state index is 0.0671. The molecular weight excluding hydrogens is 224 g/mol. The zero-order valence-electron chi connectivity index (χ0n) is 6.49. The van der Waals surface area contributed by atoms with Gasteiger partial charge in [-0.25, -0.2) is 4.79 Å². The lowest BCUT2D eigenvalue weighted by molar-refractivity contribution is 0.0694.